The van der Waals surface area contributed by atoms with Crippen molar-refractivity contribution in [3.05, 3.63) is 56.2 Å². The maximum Gasteiger partial charge on any atom is 0.0817 e. The Labute approximate surface area is 117 Å². The molecule has 18 heavy (non-hydrogen) atoms. The molecule has 0 aliphatic rings. The van der Waals surface area contributed by atoms with Gasteiger partial charge in [0, 0.05) is 4.88 Å². The molecule has 1 aromatic carbocycles. The van der Waals surface area contributed by atoms with E-state index in [9.17, 15) is 0 Å². The summed E-state index contributed by atoms with van der Waals surface area (Å²) in [6.07, 6.45) is 1.04. The monoisotopic (exact) mass is 280 g/mol. The highest BCUT2D eigenvalue weighted by Gasteiger charge is 2.18. The molecule has 0 bridgehead atoms. The van der Waals surface area contributed by atoms with Gasteiger partial charge in [0.25, 0.3) is 0 Å². The lowest BCUT2D eigenvalue weighted by Crippen LogP contribution is -2.28. The minimum atomic E-state index is -0.0397. The van der Waals surface area contributed by atoms with Crippen LogP contribution in [0.4, 0.5) is 0 Å². The lowest BCUT2D eigenvalue weighted by molar-refractivity contribution is 0.646. The van der Waals surface area contributed by atoms with E-state index in [-0.39, 0.29) is 6.04 Å². The minimum absolute atomic E-state index is 0.0397. The summed E-state index contributed by atoms with van der Waals surface area (Å²) in [6.45, 7) is 4.16. The van der Waals surface area contributed by atoms with E-state index in [0.717, 1.165) is 27.4 Å². The molecule has 0 saturated carbocycles. The van der Waals surface area contributed by atoms with Crippen LogP contribution in [-0.4, -0.2) is 0 Å². The van der Waals surface area contributed by atoms with Gasteiger partial charge in [-0.05, 0) is 35.4 Å². The van der Waals surface area contributed by atoms with Crippen molar-refractivity contribution in [3.8, 4) is 0 Å². The zero-order chi connectivity index (χ0) is 13.1. The Kier molecular flexibility index (Phi) is 4.40. The van der Waals surface area contributed by atoms with E-state index in [1.54, 1.807) is 11.3 Å². The van der Waals surface area contributed by atoms with Gasteiger partial charge in [0.15, 0.2) is 0 Å². The molecule has 1 heterocycles. The van der Waals surface area contributed by atoms with Crippen LogP contribution >= 0.6 is 22.9 Å². The van der Waals surface area contributed by atoms with Gasteiger partial charge in [-0.1, -0.05) is 42.8 Å². The molecule has 2 rings (SSSR count). The molecule has 1 aromatic heterocycles. The highest BCUT2D eigenvalue weighted by molar-refractivity contribution is 7.10. The van der Waals surface area contributed by atoms with Crippen LogP contribution in [-0.2, 0) is 6.42 Å². The fraction of sp³-hybridized carbons (Fsp3) is 0.286. The lowest BCUT2D eigenvalue weighted by Gasteiger charge is -2.16. The number of thiophene rings is 1. The van der Waals surface area contributed by atoms with E-state index in [4.69, 9.17) is 17.4 Å². The number of aryl methyl sites for hydroxylation is 2. The maximum atomic E-state index is 6.31. The van der Waals surface area contributed by atoms with Gasteiger partial charge in [-0.25, -0.2) is 5.43 Å². The fourth-order valence-corrected chi connectivity index (χ4v) is 3.30. The first kappa shape index (κ1) is 13.6. The minimum Gasteiger partial charge on any atom is -0.271 e. The molecule has 1 unspecified atom stereocenters. The number of nitrogens with two attached hydrogens (primary N) is 1. The Hall–Kier alpha value is -0.870. The third-order valence-electron chi connectivity index (χ3n) is 3.08. The average molecular weight is 281 g/mol. The maximum absolute atomic E-state index is 6.31. The molecule has 4 heteroatoms. The Morgan fingerprint density at radius 3 is 2.44 bits per heavy atom. The summed E-state index contributed by atoms with van der Waals surface area (Å²) >= 11 is 7.94. The predicted molar refractivity (Wildman–Crippen MR) is 79.1 cm³/mol. The van der Waals surface area contributed by atoms with Crippen molar-refractivity contribution in [2.45, 2.75) is 26.3 Å². The molecule has 0 fully saturated rings. The summed E-state index contributed by atoms with van der Waals surface area (Å²) in [7, 11) is 0. The van der Waals surface area contributed by atoms with Gasteiger partial charge in [0.2, 0.25) is 0 Å². The molecule has 3 N–H and O–H groups in total. The summed E-state index contributed by atoms with van der Waals surface area (Å²) in [5.74, 6) is 5.68. The smallest absolute Gasteiger partial charge is 0.0817 e. The second-order valence-electron chi connectivity index (χ2n) is 4.29. The molecule has 0 saturated heterocycles. The molecule has 0 aliphatic heterocycles. The van der Waals surface area contributed by atoms with Gasteiger partial charge in [0.05, 0.1) is 11.1 Å². The second kappa shape index (κ2) is 5.85. The van der Waals surface area contributed by atoms with Crippen LogP contribution in [0.5, 0.6) is 0 Å². The number of halogens is 1. The Morgan fingerprint density at radius 2 is 2.00 bits per heavy atom. The molecule has 0 aliphatic carbocycles. The van der Waals surface area contributed by atoms with Gasteiger partial charge >= 0.3 is 0 Å². The van der Waals surface area contributed by atoms with Crippen LogP contribution in [0.1, 0.15) is 34.5 Å². The largest absolute Gasteiger partial charge is 0.271 e. The Balaban J connectivity index is 2.35. The van der Waals surface area contributed by atoms with Crippen LogP contribution in [0, 0.1) is 6.92 Å². The first-order chi connectivity index (χ1) is 8.67. The number of rotatable bonds is 4. The molecule has 0 spiro atoms. The summed E-state index contributed by atoms with van der Waals surface area (Å²) in [5.41, 5.74) is 6.41. The summed E-state index contributed by atoms with van der Waals surface area (Å²) < 4.78 is 0. The second-order valence-corrected chi connectivity index (χ2v) is 5.58. The summed E-state index contributed by atoms with van der Waals surface area (Å²) in [4.78, 5) is 1.07. The number of hydrogen-bond donors (Lipinski definition) is 2. The molecule has 0 radical (unpaired) electrons. The lowest BCUT2D eigenvalue weighted by atomic mass is 10.0. The van der Waals surface area contributed by atoms with Crippen molar-refractivity contribution in [3.63, 3.8) is 0 Å². The van der Waals surface area contributed by atoms with Gasteiger partial charge < -0.3 is 0 Å². The summed E-state index contributed by atoms with van der Waals surface area (Å²) in [5, 5.41) is 2.87. The van der Waals surface area contributed by atoms with Crippen molar-refractivity contribution in [2.75, 3.05) is 0 Å². The van der Waals surface area contributed by atoms with E-state index in [2.05, 4.69) is 42.0 Å². The van der Waals surface area contributed by atoms with Crippen LogP contribution in [0.3, 0.4) is 0 Å². The number of hydrazine groups is 1. The quantitative estimate of drug-likeness (QED) is 0.660. The molecule has 0 amide bonds. The Morgan fingerprint density at radius 1 is 1.33 bits per heavy atom. The van der Waals surface area contributed by atoms with Crippen molar-refractivity contribution in [2.24, 2.45) is 5.84 Å². The summed E-state index contributed by atoms with van der Waals surface area (Å²) in [6, 6.07) is 8.44. The van der Waals surface area contributed by atoms with Crippen molar-refractivity contribution in [1.29, 1.82) is 0 Å². The normalized spacial score (nSPS) is 12.7. The molecule has 2 aromatic rings. The van der Waals surface area contributed by atoms with Crippen LogP contribution in [0.25, 0.3) is 0 Å². The standard InChI is InChI=1S/C14H17ClN2S/c1-3-10-4-6-11(7-5-10)13(17-16)14-12(15)9(2)8-18-14/h4-8,13,17H,3,16H2,1-2H3. The van der Waals surface area contributed by atoms with Crippen molar-refractivity contribution >= 4 is 22.9 Å². The third kappa shape index (κ3) is 2.59. The van der Waals surface area contributed by atoms with Crippen molar-refractivity contribution < 1.29 is 0 Å². The SMILES string of the molecule is CCc1ccc(C(NN)c2scc(C)c2Cl)cc1. The van der Waals surface area contributed by atoms with Gasteiger partial charge in [0.1, 0.15) is 0 Å². The molecular weight excluding hydrogens is 264 g/mol. The number of benzene rings is 1. The number of hydrogen-bond acceptors (Lipinski definition) is 3. The molecule has 2 nitrogen and oxygen atoms in total. The number of nitrogens with one attached hydrogen (secondary N) is 1. The fourth-order valence-electron chi connectivity index (χ4n) is 1.91. The van der Waals surface area contributed by atoms with Gasteiger partial charge in [-0.2, -0.15) is 0 Å². The van der Waals surface area contributed by atoms with E-state index < -0.39 is 0 Å². The molecule has 96 valence electrons. The first-order valence-corrected chi connectivity index (χ1v) is 7.21. The zero-order valence-electron chi connectivity index (χ0n) is 10.5. The van der Waals surface area contributed by atoms with Crippen LogP contribution in [0.15, 0.2) is 29.6 Å². The average Bonchev–Trinajstić information content (AvgIpc) is 2.73. The third-order valence-corrected chi connectivity index (χ3v) is 4.85. The first-order valence-electron chi connectivity index (χ1n) is 5.95. The molecular formula is C14H17ClN2S. The Bertz CT molecular complexity index is 519. The van der Waals surface area contributed by atoms with Crippen molar-refractivity contribution in [1.82, 2.24) is 5.43 Å². The topological polar surface area (TPSA) is 38.0 Å². The van der Waals surface area contributed by atoms with E-state index in [0.29, 0.717) is 0 Å². The van der Waals surface area contributed by atoms with E-state index >= 15 is 0 Å². The van der Waals surface area contributed by atoms with Crippen LogP contribution < -0.4 is 11.3 Å². The van der Waals surface area contributed by atoms with Gasteiger partial charge in [-0.3, -0.25) is 5.84 Å². The predicted octanol–water partition coefficient (Wildman–Crippen LogP) is 3.83. The van der Waals surface area contributed by atoms with E-state index in [1.807, 2.05) is 6.92 Å². The van der Waals surface area contributed by atoms with Crippen LogP contribution in [0.2, 0.25) is 5.02 Å². The highest BCUT2D eigenvalue weighted by atomic mass is 35.5. The van der Waals surface area contributed by atoms with E-state index in [1.165, 1.54) is 5.56 Å². The highest BCUT2D eigenvalue weighted by Crippen LogP contribution is 2.35. The van der Waals surface area contributed by atoms with Gasteiger partial charge in [-0.15, -0.1) is 11.3 Å². The molecule has 1 atom stereocenters. The zero-order valence-corrected chi connectivity index (χ0v) is 12.1.